The second kappa shape index (κ2) is 12.1. The van der Waals surface area contributed by atoms with Crippen molar-refractivity contribution in [3.63, 3.8) is 0 Å². The van der Waals surface area contributed by atoms with Crippen molar-refractivity contribution in [1.82, 2.24) is 14.9 Å². The fourth-order valence-corrected chi connectivity index (χ4v) is 4.57. The highest BCUT2D eigenvalue weighted by atomic mass is 35.5. The first kappa shape index (κ1) is 27.1. The zero-order valence-electron chi connectivity index (χ0n) is 22.3. The van der Waals surface area contributed by atoms with Gasteiger partial charge < -0.3 is 25.8 Å². The van der Waals surface area contributed by atoms with Crippen molar-refractivity contribution in [3.8, 4) is 0 Å². The summed E-state index contributed by atoms with van der Waals surface area (Å²) in [5, 5.41) is 9.30. The first-order valence-electron chi connectivity index (χ1n) is 13.0. The van der Waals surface area contributed by atoms with Crippen LogP contribution in [-0.2, 0) is 0 Å². The average Bonchev–Trinajstić information content (AvgIpc) is 2.96. The number of hydrogen-bond donors (Lipinski definition) is 3. The molecule has 1 fully saturated rings. The third kappa shape index (κ3) is 6.74. The van der Waals surface area contributed by atoms with Crippen molar-refractivity contribution in [1.29, 1.82) is 0 Å². The van der Waals surface area contributed by atoms with Crippen molar-refractivity contribution in [2.24, 2.45) is 0 Å². The lowest BCUT2D eigenvalue weighted by Crippen LogP contribution is -2.44. The smallest absolute Gasteiger partial charge is 0.256 e. The van der Waals surface area contributed by atoms with Crippen molar-refractivity contribution >= 4 is 52.1 Å². The summed E-state index contributed by atoms with van der Waals surface area (Å²) in [5.41, 5.74) is 4.63. The zero-order valence-corrected chi connectivity index (χ0v) is 23.1. The Balaban J connectivity index is 1.19. The van der Waals surface area contributed by atoms with E-state index in [2.05, 4.69) is 54.9 Å². The Morgan fingerprint density at radius 3 is 2.17 bits per heavy atom. The number of carbonyl (C=O) groups excluding carboxylic acids is 2. The van der Waals surface area contributed by atoms with E-state index in [1.165, 1.54) is 5.69 Å². The average molecular weight is 556 g/mol. The number of likely N-dealkylation sites (N-methyl/N-ethyl adjacent to an activating group) is 1. The minimum absolute atomic E-state index is 0.317. The second-order valence-corrected chi connectivity index (χ2v) is 10.1. The number of anilines is 5. The fraction of sp³-hybridized carbons (Fsp3) is 0.200. The molecule has 0 spiro atoms. The quantitative estimate of drug-likeness (QED) is 0.279. The van der Waals surface area contributed by atoms with Gasteiger partial charge in [-0.05, 0) is 74.1 Å². The number of hydrogen-bond acceptors (Lipinski definition) is 7. The van der Waals surface area contributed by atoms with Crippen molar-refractivity contribution in [3.05, 3.63) is 101 Å². The molecule has 10 heteroatoms. The number of amides is 2. The van der Waals surface area contributed by atoms with E-state index in [1.54, 1.807) is 54.9 Å². The molecule has 3 aromatic carbocycles. The number of nitrogens with zero attached hydrogens (tertiary/aromatic N) is 4. The highest BCUT2D eigenvalue weighted by Crippen LogP contribution is 2.22. The van der Waals surface area contributed by atoms with Gasteiger partial charge in [0, 0.05) is 59.4 Å². The lowest BCUT2D eigenvalue weighted by Gasteiger charge is -2.34. The van der Waals surface area contributed by atoms with Gasteiger partial charge in [0.25, 0.3) is 11.8 Å². The standard InChI is InChI=1S/C30H30ClN7O2/c1-20-6-7-24(34-28(39)21-4-3-5-22(31)16-21)17-27(20)29(40)35-25-18-32-30(33-19-25)36-23-8-10-26(11-9-23)38-14-12-37(2)13-15-38/h3-11,16-19H,12-15H2,1-2H3,(H,34,39)(H,35,40)(H,32,33,36). The van der Waals surface area contributed by atoms with Gasteiger partial charge >= 0.3 is 0 Å². The van der Waals surface area contributed by atoms with Gasteiger partial charge in [-0.15, -0.1) is 0 Å². The summed E-state index contributed by atoms with van der Waals surface area (Å²) in [5.74, 6) is -0.226. The predicted octanol–water partition coefficient (Wildman–Crippen LogP) is 5.44. The van der Waals surface area contributed by atoms with Crippen LogP contribution in [0.3, 0.4) is 0 Å². The van der Waals surface area contributed by atoms with Crippen LogP contribution in [0.4, 0.5) is 28.7 Å². The molecule has 2 heterocycles. The molecule has 0 saturated carbocycles. The Kier molecular flexibility index (Phi) is 8.23. The van der Waals surface area contributed by atoms with Gasteiger partial charge in [-0.3, -0.25) is 9.59 Å². The van der Waals surface area contributed by atoms with Crippen LogP contribution in [0.25, 0.3) is 0 Å². The van der Waals surface area contributed by atoms with Crippen LogP contribution in [0.2, 0.25) is 5.02 Å². The first-order valence-corrected chi connectivity index (χ1v) is 13.3. The Morgan fingerprint density at radius 2 is 1.48 bits per heavy atom. The molecule has 204 valence electrons. The normalized spacial score (nSPS) is 13.5. The lowest BCUT2D eigenvalue weighted by atomic mass is 10.1. The Morgan fingerprint density at radius 1 is 0.800 bits per heavy atom. The molecule has 0 unspecified atom stereocenters. The van der Waals surface area contributed by atoms with Crippen molar-refractivity contribution in [2.45, 2.75) is 6.92 Å². The molecule has 1 aliphatic rings. The topological polar surface area (TPSA) is 102 Å². The number of rotatable bonds is 7. The maximum atomic E-state index is 13.0. The van der Waals surface area contributed by atoms with Crippen molar-refractivity contribution in [2.75, 3.05) is 54.1 Å². The number of nitrogens with one attached hydrogen (secondary N) is 3. The van der Waals surface area contributed by atoms with E-state index in [0.717, 1.165) is 37.4 Å². The van der Waals surface area contributed by atoms with Gasteiger partial charge in [-0.25, -0.2) is 9.97 Å². The molecule has 0 bridgehead atoms. The van der Waals surface area contributed by atoms with Gasteiger partial charge in [0.2, 0.25) is 5.95 Å². The summed E-state index contributed by atoms with van der Waals surface area (Å²) in [6.07, 6.45) is 3.10. The number of aryl methyl sites for hydroxylation is 1. The molecule has 9 nitrogen and oxygen atoms in total. The van der Waals surface area contributed by atoms with Crippen molar-refractivity contribution < 1.29 is 9.59 Å². The molecular formula is C30H30ClN7O2. The Hall–Kier alpha value is -4.47. The van der Waals surface area contributed by atoms with Gasteiger partial charge in [0.05, 0.1) is 18.1 Å². The first-order chi connectivity index (χ1) is 19.3. The molecular weight excluding hydrogens is 526 g/mol. The third-order valence-electron chi connectivity index (χ3n) is 6.73. The summed E-state index contributed by atoms with van der Waals surface area (Å²) in [7, 11) is 2.14. The zero-order chi connectivity index (χ0) is 28.1. The van der Waals surface area contributed by atoms with Gasteiger partial charge in [-0.1, -0.05) is 23.7 Å². The van der Waals surface area contributed by atoms with Gasteiger partial charge in [0.15, 0.2) is 0 Å². The Labute approximate surface area is 238 Å². The van der Waals surface area contributed by atoms with Crippen LogP contribution in [0, 0.1) is 6.92 Å². The van der Waals surface area contributed by atoms with Crippen LogP contribution in [-0.4, -0.2) is 59.9 Å². The SMILES string of the molecule is Cc1ccc(NC(=O)c2cccc(Cl)c2)cc1C(=O)Nc1cnc(Nc2ccc(N3CCN(C)CC3)cc2)nc1. The maximum Gasteiger partial charge on any atom is 0.256 e. The minimum Gasteiger partial charge on any atom is -0.369 e. The monoisotopic (exact) mass is 555 g/mol. The van der Waals surface area contributed by atoms with Gasteiger partial charge in [0.1, 0.15) is 0 Å². The molecule has 2 amide bonds. The number of carbonyl (C=O) groups is 2. The molecule has 0 atom stereocenters. The predicted molar refractivity (Wildman–Crippen MR) is 160 cm³/mol. The number of halogens is 1. The molecule has 4 aromatic rings. The van der Waals surface area contributed by atoms with E-state index in [0.29, 0.717) is 33.5 Å². The Bertz CT molecular complexity index is 1500. The highest BCUT2D eigenvalue weighted by molar-refractivity contribution is 6.31. The van der Waals surface area contributed by atoms with Gasteiger partial charge in [-0.2, -0.15) is 0 Å². The van der Waals surface area contributed by atoms with Crippen LogP contribution in [0.15, 0.2) is 79.1 Å². The van der Waals surface area contributed by atoms with E-state index in [9.17, 15) is 9.59 Å². The molecule has 0 radical (unpaired) electrons. The van der Waals surface area contributed by atoms with E-state index in [-0.39, 0.29) is 11.8 Å². The minimum atomic E-state index is -0.333. The van der Waals surface area contributed by atoms with Crippen LogP contribution in [0.5, 0.6) is 0 Å². The summed E-state index contributed by atoms with van der Waals surface area (Å²) in [4.78, 5) is 39.0. The number of aromatic nitrogens is 2. The molecule has 1 aromatic heterocycles. The molecule has 1 aliphatic heterocycles. The number of benzene rings is 3. The summed E-state index contributed by atoms with van der Waals surface area (Å²) >= 11 is 5.99. The fourth-order valence-electron chi connectivity index (χ4n) is 4.38. The summed E-state index contributed by atoms with van der Waals surface area (Å²) in [6, 6.07) is 20.0. The van der Waals surface area contributed by atoms with E-state index < -0.39 is 0 Å². The third-order valence-corrected chi connectivity index (χ3v) is 6.96. The largest absolute Gasteiger partial charge is 0.369 e. The van der Waals surface area contributed by atoms with Crippen LogP contribution < -0.4 is 20.9 Å². The molecule has 40 heavy (non-hydrogen) atoms. The van der Waals surface area contributed by atoms with Crippen LogP contribution in [0.1, 0.15) is 26.3 Å². The summed E-state index contributed by atoms with van der Waals surface area (Å²) < 4.78 is 0. The number of piperazine rings is 1. The van der Waals surface area contributed by atoms with Crippen LogP contribution >= 0.6 is 11.6 Å². The van der Waals surface area contributed by atoms with E-state index in [1.807, 2.05) is 19.1 Å². The molecule has 5 rings (SSSR count). The summed E-state index contributed by atoms with van der Waals surface area (Å²) in [6.45, 7) is 5.97. The molecule has 3 N–H and O–H groups in total. The molecule has 1 saturated heterocycles. The van der Waals surface area contributed by atoms with E-state index >= 15 is 0 Å². The lowest BCUT2D eigenvalue weighted by molar-refractivity contribution is 0.101. The highest BCUT2D eigenvalue weighted by Gasteiger charge is 2.15. The second-order valence-electron chi connectivity index (χ2n) is 9.71. The molecule has 0 aliphatic carbocycles. The maximum absolute atomic E-state index is 13.0. The van der Waals surface area contributed by atoms with E-state index in [4.69, 9.17) is 11.6 Å².